The number of hydrogen-bond acceptors (Lipinski definition) is 5. The van der Waals surface area contributed by atoms with Crippen molar-refractivity contribution in [2.24, 2.45) is 0 Å². The highest BCUT2D eigenvalue weighted by Gasteiger charge is 2.23. The molecule has 0 aliphatic rings. The summed E-state index contributed by atoms with van der Waals surface area (Å²) in [4.78, 5) is 12.2. The standard InChI is InChI=1S/C15H19Cl2N5OS/c1-8(13(23)19-15(2,3)4)24-14-21-20-12(22(14)18)10-7-9(16)5-6-11(10)17/h5-8H,18H2,1-4H3,(H,19,23)/t8-/m1/s1. The van der Waals surface area contributed by atoms with Crippen LogP contribution < -0.4 is 11.2 Å². The van der Waals surface area contributed by atoms with E-state index in [2.05, 4.69) is 15.5 Å². The molecule has 0 saturated heterocycles. The Morgan fingerprint density at radius 1 is 1.33 bits per heavy atom. The fourth-order valence-corrected chi connectivity index (χ4v) is 3.04. The van der Waals surface area contributed by atoms with E-state index in [0.717, 1.165) is 0 Å². The quantitative estimate of drug-likeness (QED) is 0.620. The number of carbonyl (C=O) groups is 1. The molecule has 1 heterocycles. The van der Waals surface area contributed by atoms with E-state index in [1.807, 2.05) is 20.8 Å². The molecule has 2 rings (SSSR count). The third-order valence-electron chi connectivity index (χ3n) is 2.98. The fourth-order valence-electron chi connectivity index (χ4n) is 1.89. The number of aromatic nitrogens is 3. The summed E-state index contributed by atoms with van der Waals surface area (Å²) in [5, 5.41) is 12.1. The van der Waals surface area contributed by atoms with Crippen LogP contribution in [0.25, 0.3) is 11.4 Å². The van der Waals surface area contributed by atoms with E-state index in [0.29, 0.717) is 26.6 Å². The number of benzene rings is 1. The van der Waals surface area contributed by atoms with Crippen molar-refractivity contribution < 1.29 is 4.79 Å². The highest BCUT2D eigenvalue weighted by atomic mass is 35.5. The lowest BCUT2D eigenvalue weighted by atomic mass is 10.1. The van der Waals surface area contributed by atoms with Gasteiger partial charge < -0.3 is 11.2 Å². The molecule has 0 aliphatic carbocycles. The number of nitrogens with zero attached hydrogens (tertiary/aromatic N) is 3. The van der Waals surface area contributed by atoms with Gasteiger partial charge in [0.2, 0.25) is 11.1 Å². The summed E-state index contributed by atoms with van der Waals surface area (Å²) >= 11 is 13.4. The third-order valence-corrected chi connectivity index (χ3v) is 4.60. The zero-order chi connectivity index (χ0) is 18.1. The summed E-state index contributed by atoms with van der Waals surface area (Å²) < 4.78 is 1.31. The molecule has 130 valence electrons. The van der Waals surface area contributed by atoms with Gasteiger partial charge in [0.15, 0.2) is 5.82 Å². The van der Waals surface area contributed by atoms with Gasteiger partial charge in [0, 0.05) is 16.1 Å². The second-order valence-electron chi connectivity index (χ2n) is 6.30. The first kappa shape index (κ1) is 18.9. The van der Waals surface area contributed by atoms with E-state index in [4.69, 9.17) is 29.0 Å². The minimum atomic E-state index is -0.376. The van der Waals surface area contributed by atoms with Gasteiger partial charge in [-0.1, -0.05) is 35.0 Å². The predicted octanol–water partition coefficient (Wildman–Crippen LogP) is 3.36. The van der Waals surface area contributed by atoms with Gasteiger partial charge in [-0.25, -0.2) is 4.68 Å². The average molecular weight is 388 g/mol. The van der Waals surface area contributed by atoms with E-state index < -0.39 is 0 Å². The average Bonchev–Trinajstić information content (AvgIpc) is 2.81. The van der Waals surface area contributed by atoms with Gasteiger partial charge in [0.05, 0.1) is 10.3 Å². The maximum absolute atomic E-state index is 12.2. The first-order valence-electron chi connectivity index (χ1n) is 7.23. The molecule has 3 N–H and O–H groups in total. The molecule has 0 aliphatic heterocycles. The molecule has 0 radical (unpaired) electrons. The van der Waals surface area contributed by atoms with Gasteiger partial charge in [-0.2, -0.15) is 0 Å². The minimum absolute atomic E-state index is 0.0992. The second kappa shape index (κ2) is 7.21. The van der Waals surface area contributed by atoms with Crippen molar-refractivity contribution in [2.75, 3.05) is 5.84 Å². The summed E-state index contributed by atoms with van der Waals surface area (Å²) in [5.41, 5.74) is 0.278. The first-order valence-corrected chi connectivity index (χ1v) is 8.86. The van der Waals surface area contributed by atoms with Crippen LogP contribution in [0.4, 0.5) is 0 Å². The van der Waals surface area contributed by atoms with E-state index in [9.17, 15) is 4.79 Å². The highest BCUT2D eigenvalue weighted by Crippen LogP contribution is 2.31. The van der Waals surface area contributed by atoms with Crippen LogP contribution >= 0.6 is 35.0 Å². The van der Waals surface area contributed by atoms with Gasteiger partial charge in [0.25, 0.3) is 0 Å². The topological polar surface area (TPSA) is 85.8 Å². The van der Waals surface area contributed by atoms with Crippen molar-refractivity contribution in [3.8, 4) is 11.4 Å². The zero-order valence-corrected chi connectivity index (χ0v) is 16.1. The molecule has 1 aromatic carbocycles. The molecule has 0 spiro atoms. The molecule has 9 heteroatoms. The monoisotopic (exact) mass is 387 g/mol. The van der Waals surface area contributed by atoms with Gasteiger partial charge in [-0.15, -0.1) is 10.2 Å². The lowest BCUT2D eigenvalue weighted by Crippen LogP contribution is -2.44. The van der Waals surface area contributed by atoms with E-state index in [1.165, 1.54) is 16.4 Å². The number of halogens is 2. The molecular weight excluding hydrogens is 369 g/mol. The Bertz CT molecular complexity index is 757. The third kappa shape index (κ3) is 4.55. The number of thioether (sulfide) groups is 1. The number of nitrogens with two attached hydrogens (primary N) is 1. The smallest absolute Gasteiger partial charge is 0.233 e. The van der Waals surface area contributed by atoms with Gasteiger partial charge >= 0.3 is 0 Å². The summed E-state index contributed by atoms with van der Waals surface area (Å²) in [6.45, 7) is 7.55. The van der Waals surface area contributed by atoms with Crippen LogP contribution in [-0.4, -0.2) is 31.6 Å². The zero-order valence-electron chi connectivity index (χ0n) is 13.8. The van der Waals surface area contributed by atoms with Gasteiger partial charge in [0.1, 0.15) is 0 Å². The Morgan fingerprint density at radius 3 is 2.62 bits per heavy atom. The summed E-state index contributed by atoms with van der Waals surface area (Å²) in [6.07, 6.45) is 0. The van der Waals surface area contributed by atoms with Crippen LogP contribution in [0.15, 0.2) is 23.4 Å². The molecular formula is C15H19Cl2N5OS. The molecule has 1 atom stereocenters. The molecule has 6 nitrogen and oxygen atoms in total. The normalized spacial score (nSPS) is 12.9. The lowest BCUT2D eigenvalue weighted by Gasteiger charge is -2.22. The Morgan fingerprint density at radius 2 is 2.00 bits per heavy atom. The molecule has 1 amide bonds. The molecule has 1 aromatic heterocycles. The second-order valence-corrected chi connectivity index (χ2v) is 8.45. The number of rotatable bonds is 4. The van der Waals surface area contributed by atoms with E-state index >= 15 is 0 Å². The molecule has 0 bridgehead atoms. The molecule has 2 aromatic rings. The lowest BCUT2D eigenvalue weighted by molar-refractivity contribution is -0.121. The van der Waals surface area contributed by atoms with Crippen molar-refractivity contribution in [2.45, 2.75) is 43.6 Å². The molecule has 0 fully saturated rings. The maximum atomic E-state index is 12.2. The Balaban J connectivity index is 2.21. The van der Waals surface area contributed by atoms with Gasteiger partial charge in [-0.3, -0.25) is 4.79 Å². The first-order chi connectivity index (χ1) is 11.1. The van der Waals surface area contributed by atoms with Gasteiger partial charge in [-0.05, 0) is 45.9 Å². The summed E-state index contributed by atoms with van der Waals surface area (Å²) in [7, 11) is 0. The largest absolute Gasteiger partial charge is 0.351 e. The highest BCUT2D eigenvalue weighted by molar-refractivity contribution is 8.00. The van der Waals surface area contributed by atoms with Crippen LogP contribution in [0.5, 0.6) is 0 Å². The summed E-state index contributed by atoms with van der Waals surface area (Å²) in [6, 6.07) is 5.01. The number of hydrogen-bond donors (Lipinski definition) is 2. The van der Waals surface area contributed by atoms with Crippen molar-refractivity contribution in [1.29, 1.82) is 0 Å². The number of nitrogens with one attached hydrogen (secondary N) is 1. The Kier molecular flexibility index (Phi) is 5.67. The SMILES string of the molecule is C[C@@H](Sc1nnc(-c2cc(Cl)ccc2Cl)n1N)C(=O)NC(C)(C)C. The number of nitrogen functional groups attached to an aromatic ring is 1. The van der Waals surface area contributed by atoms with E-state index in [1.54, 1.807) is 25.1 Å². The van der Waals surface area contributed by atoms with Crippen LogP contribution in [0.2, 0.25) is 10.0 Å². The van der Waals surface area contributed by atoms with Crippen molar-refractivity contribution >= 4 is 40.9 Å². The van der Waals surface area contributed by atoms with Crippen molar-refractivity contribution in [3.05, 3.63) is 28.2 Å². The van der Waals surface area contributed by atoms with Crippen LogP contribution in [0.3, 0.4) is 0 Å². The molecule has 0 unspecified atom stereocenters. The fraction of sp³-hybridized carbons (Fsp3) is 0.400. The van der Waals surface area contributed by atoms with Crippen LogP contribution in [-0.2, 0) is 4.79 Å². The molecule has 24 heavy (non-hydrogen) atoms. The predicted molar refractivity (Wildman–Crippen MR) is 98.8 cm³/mol. The Labute approximate surface area is 155 Å². The molecule has 0 saturated carbocycles. The van der Waals surface area contributed by atoms with E-state index in [-0.39, 0.29) is 16.7 Å². The van der Waals surface area contributed by atoms with Crippen LogP contribution in [0.1, 0.15) is 27.7 Å². The number of amides is 1. The minimum Gasteiger partial charge on any atom is -0.351 e. The number of carbonyl (C=O) groups excluding carboxylic acids is 1. The maximum Gasteiger partial charge on any atom is 0.233 e. The van der Waals surface area contributed by atoms with Crippen LogP contribution in [0, 0.1) is 0 Å². The van der Waals surface area contributed by atoms with Crippen molar-refractivity contribution in [1.82, 2.24) is 20.2 Å². The van der Waals surface area contributed by atoms with Crippen molar-refractivity contribution in [3.63, 3.8) is 0 Å². The summed E-state index contributed by atoms with van der Waals surface area (Å²) in [5.74, 6) is 6.35. The Hall–Kier alpha value is -1.44.